The van der Waals surface area contributed by atoms with Gasteiger partial charge in [0.1, 0.15) is 0 Å². The molecule has 1 aromatic carbocycles. The third-order valence-electron chi connectivity index (χ3n) is 3.71. The van der Waals surface area contributed by atoms with Crippen LogP contribution < -0.4 is 5.73 Å². The average Bonchev–Trinajstić information content (AvgIpc) is 2.41. The Morgan fingerprint density at radius 2 is 1.53 bits per heavy atom. The van der Waals surface area contributed by atoms with E-state index in [9.17, 15) is 0 Å². The van der Waals surface area contributed by atoms with E-state index in [-0.39, 0.29) is 6.04 Å². The average molecular weight is 262 g/mol. The molecule has 2 heteroatoms. The number of aryl methyl sites for hydroxylation is 1. The van der Waals surface area contributed by atoms with Gasteiger partial charge in [0, 0.05) is 12.1 Å². The maximum absolute atomic E-state index is 6.41. The smallest absolute Gasteiger partial charge is 0.0499 e. The standard InChI is InChI=1S/C17H30N2/c1-5-12-19(13-6-2)17(16(18)7-3)15-10-8-14(4)9-11-15/h8-11,16-17H,5-7,12-13,18H2,1-4H3. The summed E-state index contributed by atoms with van der Waals surface area (Å²) < 4.78 is 0. The van der Waals surface area contributed by atoms with Crippen LogP contribution in [0.5, 0.6) is 0 Å². The maximum Gasteiger partial charge on any atom is 0.0499 e. The minimum absolute atomic E-state index is 0.209. The monoisotopic (exact) mass is 262 g/mol. The first kappa shape index (κ1) is 16.2. The molecule has 0 heterocycles. The van der Waals surface area contributed by atoms with Gasteiger partial charge in [0.15, 0.2) is 0 Å². The summed E-state index contributed by atoms with van der Waals surface area (Å²) in [6.45, 7) is 11.1. The van der Waals surface area contributed by atoms with Crippen molar-refractivity contribution in [1.82, 2.24) is 4.90 Å². The van der Waals surface area contributed by atoms with Gasteiger partial charge >= 0.3 is 0 Å². The number of hydrogen-bond acceptors (Lipinski definition) is 2. The van der Waals surface area contributed by atoms with Gasteiger partial charge in [-0.2, -0.15) is 0 Å². The molecule has 0 saturated carbocycles. The lowest BCUT2D eigenvalue weighted by Gasteiger charge is -2.35. The van der Waals surface area contributed by atoms with Crippen molar-refractivity contribution in [3.63, 3.8) is 0 Å². The van der Waals surface area contributed by atoms with Crippen LogP contribution in [0.25, 0.3) is 0 Å². The minimum Gasteiger partial charge on any atom is -0.326 e. The van der Waals surface area contributed by atoms with E-state index in [2.05, 4.69) is 56.9 Å². The summed E-state index contributed by atoms with van der Waals surface area (Å²) in [5.41, 5.74) is 9.08. The third-order valence-corrected chi connectivity index (χ3v) is 3.71. The van der Waals surface area contributed by atoms with Gasteiger partial charge in [-0.15, -0.1) is 0 Å². The zero-order chi connectivity index (χ0) is 14.3. The quantitative estimate of drug-likeness (QED) is 0.770. The highest BCUT2D eigenvalue weighted by atomic mass is 15.2. The first-order valence-corrected chi connectivity index (χ1v) is 7.70. The molecule has 0 bridgehead atoms. The second-order valence-electron chi connectivity index (χ2n) is 5.46. The van der Waals surface area contributed by atoms with Crippen LogP contribution in [0.4, 0.5) is 0 Å². The van der Waals surface area contributed by atoms with Crippen molar-refractivity contribution in [3.8, 4) is 0 Å². The summed E-state index contributed by atoms with van der Waals surface area (Å²) >= 11 is 0. The second kappa shape index (κ2) is 8.34. The van der Waals surface area contributed by atoms with Crippen molar-refractivity contribution in [2.24, 2.45) is 5.73 Å². The van der Waals surface area contributed by atoms with Crippen LogP contribution in [0.2, 0.25) is 0 Å². The van der Waals surface area contributed by atoms with E-state index >= 15 is 0 Å². The Balaban J connectivity index is 3.00. The number of hydrogen-bond donors (Lipinski definition) is 1. The Morgan fingerprint density at radius 1 is 1.00 bits per heavy atom. The Morgan fingerprint density at radius 3 is 1.95 bits per heavy atom. The van der Waals surface area contributed by atoms with Crippen LogP contribution in [0.3, 0.4) is 0 Å². The summed E-state index contributed by atoms with van der Waals surface area (Å²) in [5, 5.41) is 0. The summed E-state index contributed by atoms with van der Waals surface area (Å²) in [7, 11) is 0. The SMILES string of the molecule is CCCN(CCC)C(c1ccc(C)cc1)C(N)CC. The highest BCUT2D eigenvalue weighted by Gasteiger charge is 2.24. The van der Waals surface area contributed by atoms with Crippen molar-refractivity contribution in [3.05, 3.63) is 35.4 Å². The molecular formula is C17H30N2. The molecule has 2 unspecified atom stereocenters. The molecular weight excluding hydrogens is 232 g/mol. The normalized spacial score (nSPS) is 14.6. The summed E-state index contributed by atoms with van der Waals surface area (Å²) in [6, 6.07) is 9.44. The molecule has 1 aromatic rings. The van der Waals surface area contributed by atoms with Crippen LogP contribution in [-0.4, -0.2) is 24.0 Å². The van der Waals surface area contributed by atoms with Crippen LogP contribution in [0, 0.1) is 6.92 Å². The highest BCUT2D eigenvalue weighted by molar-refractivity contribution is 5.25. The molecule has 0 aliphatic carbocycles. The largest absolute Gasteiger partial charge is 0.326 e. The predicted molar refractivity (Wildman–Crippen MR) is 84.3 cm³/mol. The van der Waals surface area contributed by atoms with Gasteiger partial charge in [-0.3, -0.25) is 4.90 Å². The summed E-state index contributed by atoms with van der Waals surface area (Å²) in [4.78, 5) is 2.55. The predicted octanol–water partition coefficient (Wildman–Crippen LogP) is 3.90. The van der Waals surface area contributed by atoms with Gasteiger partial charge < -0.3 is 5.73 Å². The van der Waals surface area contributed by atoms with E-state index in [4.69, 9.17) is 5.73 Å². The Kier molecular flexibility index (Phi) is 7.11. The zero-order valence-electron chi connectivity index (χ0n) is 13.0. The van der Waals surface area contributed by atoms with Crippen molar-refractivity contribution < 1.29 is 0 Å². The minimum atomic E-state index is 0.209. The molecule has 0 fully saturated rings. The molecule has 2 nitrogen and oxygen atoms in total. The fourth-order valence-electron chi connectivity index (χ4n) is 2.68. The van der Waals surface area contributed by atoms with E-state index in [1.54, 1.807) is 0 Å². The van der Waals surface area contributed by atoms with Gasteiger partial charge in [-0.25, -0.2) is 0 Å². The topological polar surface area (TPSA) is 29.3 Å². The Hall–Kier alpha value is -0.860. The van der Waals surface area contributed by atoms with Crippen LogP contribution >= 0.6 is 0 Å². The van der Waals surface area contributed by atoms with Crippen molar-refractivity contribution in [2.45, 2.75) is 59.0 Å². The number of nitrogens with zero attached hydrogens (tertiary/aromatic N) is 1. The fourth-order valence-corrected chi connectivity index (χ4v) is 2.68. The van der Waals surface area contributed by atoms with Crippen molar-refractivity contribution in [2.75, 3.05) is 13.1 Å². The third kappa shape index (κ3) is 4.63. The van der Waals surface area contributed by atoms with Gasteiger partial charge in [0.25, 0.3) is 0 Å². The molecule has 0 aliphatic heterocycles. The molecule has 0 aliphatic rings. The first-order valence-electron chi connectivity index (χ1n) is 7.70. The molecule has 0 spiro atoms. The van der Waals surface area contributed by atoms with Gasteiger partial charge in [0.05, 0.1) is 0 Å². The van der Waals surface area contributed by atoms with Gasteiger partial charge in [0.2, 0.25) is 0 Å². The zero-order valence-corrected chi connectivity index (χ0v) is 13.0. The van der Waals surface area contributed by atoms with Gasteiger partial charge in [-0.05, 0) is 44.8 Å². The van der Waals surface area contributed by atoms with Crippen molar-refractivity contribution >= 4 is 0 Å². The van der Waals surface area contributed by atoms with E-state index < -0.39 is 0 Å². The van der Waals surface area contributed by atoms with Crippen LogP contribution in [0.15, 0.2) is 24.3 Å². The van der Waals surface area contributed by atoms with Crippen LogP contribution in [-0.2, 0) is 0 Å². The van der Waals surface area contributed by atoms with E-state index in [0.29, 0.717) is 6.04 Å². The second-order valence-corrected chi connectivity index (χ2v) is 5.46. The lowest BCUT2D eigenvalue weighted by Crippen LogP contribution is -2.41. The summed E-state index contributed by atoms with van der Waals surface area (Å²) in [5.74, 6) is 0. The van der Waals surface area contributed by atoms with Gasteiger partial charge in [-0.1, -0.05) is 50.6 Å². The van der Waals surface area contributed by atoms with E-state index in [1.165, 1.54) is 24.0 Å². The first-order chi connectivity index (χ1) is 9.13. The molecule has 2 N–H and O–H groups in total. The number of nitrogens with two attached hydrogens (primary N) is 1. The number of rotatable bonds is 8. The molecule has 19 heavy (non-hydrogen) atoms. The maximum atomic E-state index is 6.41. The lowest BCUT2D eigenvalue weighted by molar-refractivity contribution is 0.169. The molecule has 0 aromatic heterocycles. The van der Waals surface area contributed by atoms with Crippen molar-refractivity contribution in [1.29, 1.82) is 0 Å². The lowest BCUT2D eigenvalue weighted by atomic mass is 9.95. The molecule has 1 rings (SSSR count). The fraction of sp³-hybridized carbons (Fsp3) is 0.647. The summed E-state index contributed by atoms with van der Waals surface area (Å²) in [6.07, 6.45) is 3.38. The highest BCUT2D eigenvalue weighted by Crippen LogP contribution is 2.26. The Labute approximate surface area is 119 Å². The van der Waals surface area contributed by atoms with E-state index in [1.807, 2.05) is 0 Å². The number of benzene rings is 1. The Bertz CT molecular complexity index is 339. The molecule has 108 valence electrons. The molecule has 0 amide bonds. The van der Waals surface area contributed by atoms with E-state index in [0.717, 1.165) is 19.5 Å². The molecule has 0 saturated heterocycles. The molecule has 2 atom stereocenters. The molecule has 0 radical (unpaired) electrons. The van der Waals surface area contributed by atoms with Crippen LogP contribution in [0.1, 0.15) is 57.2 Å².